The van der Waals surface area contributed by atoms with Gasteiger partial charge in [-0.1, -0.05) is 9.13 Å². The largest absolute Gasteiger partial charge is 0.484 e. The number of thiocarbonyl (C=S) groups is 1. The summed E-state index contributed by atoms with van der Waals surface area (Å²) >= 11 is 5.27. The smallest absolute Gasteiger partial charge is 0.377 e. The highest BCUT2D eigenvalue weighted by Gasteiger charge is 2.64. The van der Waals surface area contributed by atoms with E-state index in [1.54, 1.807) is 12.1 Å². The molecule has 0 unspecified atom stereocenters. The summed E-state index contributed by atoms with van der Waals surface area (Å²) in [5.74, 6) is 0. The fraction of sp³-hybridized carbons (Fsp3) is 0.346. The molecule has 1 aromatic carbocycles. The molecule has 0 saturated carbocycles. The first-order valence-corrected chi connectivity index (χ1v) is 14.5. The standard InChI is InChI=1S/C26H32N6O4S2/c27-38(33,34)24-9-7-21(8-10-24)29-25(37)28-11-15-35-17-18-36-16-14-32-19-22-5-1-3-12-30(22)26(32)31-13-4-2-6-23(31)20-32/h1-10,12-13,26H,11,14-20H2,(H3-,27,28,29,33,34,37)/q+2/p+1. The van der Waals surface area contributed by atoms with Crippen molar-refractivity contribution in [2.24, 2.45) is 5.14 Å². The molecule has 4 heterocycles. The van der Waals surface area contributed by atoms with E-state index in [0.717, 1.165) is 24.1 Å². The van der Waals surface area contributed by atoms with Crippen LogP contribution in [0.4, 0.5) is 5.69 Å². The number of sulfonamides is 1. The second kappa shape index (κ2) is 11.4. The normalized spacial score (nSPS) is 19.4. The third kappa shape index (κ3) is 5.85. The first kappa shape index (κ1) is 26.6. The van der Waals surface area contributed by atoms with E-state index in [0.29, 0.717) is 43.8 Å². The van der Waals surface area contributed by atoms with Crippen molar-refractivity contribution in [2.45, 2.75) is 24.3 Å². The summed E-state index contributed by atoms with van der Waals surface area (Å²) in [5.41, 5.74) is 3.36. The van der Waals surface area contributed by atoms with Crippen molar-refractivity contribution in [2.75, 3.05) is 44.8 Å². The Balaban J connectivity index is 0.992. The first-order chi connectivity index (χ1) is 18.4. The van der Waals surface area contributed by atoms with Gasteiger partial charge < -0.3 is 20.1 Å². The molecule has 4 N–H and O–H groups in total. The first-order valence-electron chi connectivity index (χ1n) is 12.5. The molecular weight excluding hydrogens is 524 g/mol. The average Bonchev–Trinajstić information content (AvgIpc) is 3.38. The minimum atomic E-state index is -3.71. The molecule has 38 heavy (non-hydrogen) atoms. The van der Waals surface area contributed by atoms with Crippen LogP contribution in [0.1, 0.15) is 17.7 Å². The van der Waals surface area contributed by atoms with E-state index in [1.165, 1.54) is 23.5 Å². The average molecular weight is 558 g/mol. The van der Waals surface area contributed by atoms with Gasteiger partial charge in [0.25, 0.3) is 0 Å². The fourth-order valence-corrected chi connectivity index (χ4v) is 5.94. The van der Waals surface area contributed by atoms with E-state index in [4.69, 9.17) is 26.8 Å². The van der Waals surface area contributed by atoms with Crippen LogP contribution in [0.15, 0.2) is 78.0 Å². The highest BCUT2D eigenvalue weighted by molar-refractivity contribution is 7.89. The third-order valence-electron chi connectivity index (χ3n) is 6.92. The fourth-order valence-electron chi connectivity index (χ4n) is 5.21. The number of nitrogens with two attached hydrogens (primary N) is 1. The number of anilines is 1. The summed E-state index contributed by atoms with van der Waals surface area (Å²) in [6.45, 7) is 5.62. The molecule has 2 aliphatic rings. The van der Waals surface area contributed by atoms with Crippen LogP contribution < -0.4 is 24.9 Å². The second-order valence-electron chi connectivity index (χ2n) is 9.48. The van der Waals surface area contributed by atoms with E-state index >= 15 is 0 Å². The molecule has 3 aromatic rings. The van der Waals surface area contributed by atoms with Gasteiger partial charge in [-0.25, -0.2) is 13.6 Å². The third-order valence-corrected chi connectivity index (χ3v) is 8.10. The molecule has 5 rings (SSSR count). The molecule has 0 bridgehead atoms. The Kier molecular flexibility index (Phi) is 7.98. The molecule has 0 amide bonds. The van der Waals surface area contributed by atoms with Crippen molar-refractivity contribution in [1.29, 1.82) is 0 Å². The van der Waals surface area contributed by atoms with Crippen molar-refractivity contribution >= 4 is 33.0 Å². The number of hydrogen-bond acceptors (Lipinski definition) is 5. The highest BCUT2D eigenvalue weighted by Crippen LogP contribution is 2.33. The highest BCUT2D eigenvalue weighted by atomic mass is 32.2. The number of fused-ring (bicyclic) bond motifs is 5. The number of pyridine rings is 2. The summed E-state index contributed by atoms with van der Waals surface area (Å²) in [4.78, 5) is 0.0513. The Bertz CT molecular complexity index is 1350. The molecule has 2 aromatic heterocycles. The lowest BCUT2D eigenvalue weighted by atomic mass is 10.3. The zero-order valence-corrected chi connectivity index (χ0v) is 22.7. The van der Waals surface area contributed by atoms with Crippen LogP contribution in [0.5, 0.6) is 0 Å². The summed E-state index contributed by atoms with van der Waals surface area (Å²) in [6, 6.07) is 18.9. The lowest BCUT2D eigenvalue weighted by molar-refractivity contribution is -1.16. The number of hydrogen-bond donors (Lipinski definition) is 3. The molecule has 0 aliphatic carbocycles. The summed E-state index contributed by atoms with van der Waals surface area (Å²) < 4.78 is 40.0. The van der Waals surface area contributed by atoms with E-state index in [2.05, 4.69) is 68.6 Å². The predicted molar refractivity (Wildman–Crippen MR) is 144 cm³/mol. The molecule has 200 valence electrons. The number of nitrogens with zero attached hydrogens (tertiary/aromatic N) is 3. The Labute approximate surface area is 228 Å². The minimum absolute atomic E-state index is 0.0513. The zero-order chi connectivity index (χ0) is 26.6. The Morgan fingerprint density at radius 1 is 0.921 bits per heavy atom. The minimum Gasteiger partial charge on any atom is -0.377 e. The maximum Gasteiger partial charge on any atom is 0.484 e. The SMILES string of the molecule is NS(=O)(=O)c1ccc(NC(=S)NCCOCCOCC[N+]23Cc4cccc[n+]4C2[n+]2ccccc2C3)cc1. The van der Waals surface area contributed by atoms with Crippen LogP contribution in [0.2, 0.25) is 0 Å². The Morgan fingerprint density at radius 3 is 2.13 bits per heavy atom. The van der Waals surface area contributed by atoms with Gasteiger partial charge in [-0.05, 0) is 48.6 Å². The lowest BCUT2D eigenvalue weighted by Gasteiger charge is -2.24. The molecule has 0 atom stereocenters. The van der Waals surface area contributed by atoms with Gasteiger partial charge in [0.15, 0.2) is 30.6 Å². The van der Waals surface area contributed by atoms with Gasteiger partial charge in [-0.3, -0.25) is 0 Å². The van der Waals surface area contributed by atoms with E-state index < -0.39 is 10.0 Å². The van der Waals surface area contributed by atoms with Gasteiger partial charge in [0.05, 0.1) is 31.3 Å². The van der Waals surface area contributed by atoms with Gasteiger partial charge in [0, 0.05) is 36.5 Å². The molecule has 10 nitrogen and oxygen atoms in total. The molecule has 0 fully saturated rings. The van der Waals surface area contributed by atoms with Crippen molar-refractivity contribution in [3.8, 4) is 0 Å². The number of nitrogens with one attached hydrogen (secondary N) is 2. The van der Waals surface area contributed by atoms with Crippen LogP contribution >= 0.6 is 12.2 Å². The molecule has 0 radical (unpaired) electrons. The number of benzene rings is 1. The lowest BCUT2D eigenvalue weighted by Crippen LogP contribution is -2.62. The molecule has 0 saturated heterocycles. The van der Waals surface area contributed by atoms with Crippen molar-refractivity contribution in [3.05, 3.63) is 84.4 Å². The Hall–Kier alpha value is -3.00. The van der Waals surface area contributed by atoms with Crippen molar-refractivity contribution < 1.29 is 31.5 Å². The number of ether oxygens (including phenoxy) is 2. The van der Waals surface area contributed by atoms with Gasteiger partial charge in [-0.15, -0.1) is 0 Å². The molecule has 12 heteroatoms. The zero-order valence-electron chi connectivity index (χ0n) is 21.0. The summed E-state index contributed by atoms with van der Waals surface area (Å²) in [5, 5.41) is 11.6. The monoisotopic (exact) mass is 557 g/mol. The van der Waals surface area contributed by atoms with E-state index in [9.17, 15) is 8.42 Å². The van der Waals surface area contributed by atoms with Gasteiger partial charge >= 0.3 is 6.29 Å². The maximum absolute atomic E-state index is 11.3. The van der Waals surface area contributed by atoms with Gasteiger partial charge in [0.1, 0.15) is 6.54 Å². The number of primary sulfonamides is 1. The molecular formula is C26H33N6O4S2+3. The quantitative estimate of drug-likeness (QED) is 0.138. The van der Waals surface area contributed by atoms with E-state index in [-0.39, 0.29) is 11.2 Å². The van der Waals surface area contributed by atoms with Gasteiger partial charge in [-0.2, -0.15) is 4.48 Å². The number of quaternary nitrogens is 1. The summed E-state index contributed by atoms with van der Waals surface area (Å²) in [7, 11) is -3.71. The predicted octanol–water partition coefficient (Wildman–Crippen LogP) is 0.777. The number of aromatic nitrogens is 2. The molecule has 2 aliphatic heterocycles. The van der Waals surface area contributed by atoms with Crippen molar-refractivity contribution in [1.82, 2.24) is 5.32 Å². The van der Waals surface area contributed by atoms with Crippen LogP contribution in [0.25, 0.3) is 0 Å². The van der Waals surface area contributed by atoms with Gasteiger partial charge in [0.2, 0.25) is 21.4 Å². The molecule has 0 spiro atoms. The van der Waals surface area contributed by atoms with Crippen LogP contribution in [-0.4, -0.2) is 57.5 Å². The van der Waals surface area contributed by atoms with Crippen LogP contribution in [0, 0.1) is 0 Å². The van der Waals surface area contributed by atoms with E-state index in [1.807, 2.05) is 0 Å². The van der Waals surface area contributed by atoms with Crippen molar-refractivity contribution in [3.63, 3.8) is 0 Å². The van der Waals surface area contributed by atoms with Crippen LogP contribution in [-0.2, 0) is 32.6 Å². The van der Waals surface area contributed by atoms with Crippen LogP contribution in [0.3, 0.4) is 0 Å². The maximum atomic E-state index is 11.3. The Morgan fingerprint density at radius 2 is 1.53 bits per heavy atom. The summed E-state index contributed by atoms with van der Waals surface area (Å²) in [6.07, 6.45) is 4.60. The topological polar surface area (TPSA) is 110 Å². The second-order valence-corrected chi connectivity index (χ2v) is 11.4. The number of rotatable bonds is 11.